The van der Waals surface area contributed by atoms with Crippen molar-refractivity contribution >= 4 is 17.7 Å². The number of esters is 1. The summed E-state index contributed by atoms with van der Waals surface area (Å²) in [5.41, 5.74) is 8.12. The Morgan fingerprint density at radius 2 is 2.14 bits per heavy atom. The summed E-state index contributed by atoms with van der Waals surface area (Å²) < 4.78 is 19.2. The van der Waals surface area contributed by atoms with Crippen molar-refractivity contribution in [1.82, 2.24) is 9.97 Å². The number of nitrogen functional groups attached to an aromatic ring is 1. The molecule has 7 nitrogen and oxygen atoms in total. The van der Waals surface area contributed by atoms with Crippen LogP contribution in [-0.4, -0.2) is 40.8 Å². The summed E-state index contributed by atoms with van der Waals surface area (Å²) in [6.45, 7) is 3.76. The van der Waals surface area contributed by atoms with Crippen molar-refractivity contribution < 1.29 is 19.0 Å². The predicted octanol–water partition coefficient (Wildman–Crippen LogP) is 2.39. The van der Waals surface area contributed by atoms with Gasteiger partial charge in [0.25, 0.3) is 0 Å². The van der Waals surface area contributed by atoms with Gasteiger partial charge in [-0.25, -0.2) is 9.37 Å². The van der Waals surface area contributed by atoms with Crippen LogP contribution in [0.2, 0.25) is 0 Å². The Morgan fingerprint density at radius 1 is 1.39 bits per heavy atom. The fraction of sp³-hybridized carbons (Fsp3) is 0.450. The number of aliphatic hydroxyl groups excluding tert-OH is 1. The van der Waals surface area contributed by atoms with E-state index in [1.54, 1.807) is 19.1 Å². The zero-order valence-electron chi connectivity index (χ0n) is 16.5. The lowest BCUT2D eigenvalue weighted by Crippen LogP contribution is -2.25. The molecule has 1 heterocycles. The molecule has 2 aromatic rings. The van der Waals surface area contributed by atoms with Crippen molar-refractivity contribution in [3.8, 4) is 0 Å². The molecule has 0 amide bonds. The standard InChI is InChI=1S/C20H27FN4O3/c1-4-5-15(11-26)24-19-16(12(2)23-20(22)25-19)10-14-7-6-13(8-17(14)21)9-18(27)28-3/h6-8,15,26H,4-5,9-11H2,1-3H3,(H3,22,23,24,25). The highest BCUT2D eigenvalue weighted by molar-refractivity contribution is 5.72. The fourth-order valence-electron chi connectivity index (χ4n) is 2.97. The first-order chi connectivity index (χ1) is 13.4. The zero-order valence-corrected chi connectivity index (χ0v) is 16.5. The van der Waals surface area contributed by atoms with Crippen LogP contribution in [0.25, 0.3) is 0 Å². The number of rotatable bonds is 9. The molecule has 28 heavy (non-hydrogen) atoms. The molecule has 1 aromatic heterocycles. The molecule has 1 aromatic carbocycles. The number of ether oxygens (including phenoxy) is 1. The van der Waals surface area contributed by atoms with Gasteiger partial charge < -0.3 is 20.9 Å². The summed E-state index contributed by atoms with van der Waals surface area (Å²) in [5, 5.41) is 12.8. The number of halogens is 1. The van der Waals surface area contributed by atoms with Crippen molar-refractivity contribution in [2.45, 2.75) is 45.6 Å². The molecule has 0 aliphatic rings. The third kappa shape index (κ3) is 5.63. The quantitative estimate of drug-likeness (QED) is 0.564. The Hall–Kier alpha value is -2.74. The summed E-state index contributed by atoms with van der Waals surface area (Å²) in [7, 11) is 1.30. The fourth-order valence-corrected chi connectivity index (χ4v) is 2.97. The first-order valence-electron chi connectivity index (χ1n) is 9.22. The van der Waals surface area contributed by atoms with E-state index in [0.717, 1.165) is 12.8 Å². The van der Waals surface area contributed by atoms with Crippen LogP contribution in [0.4, 0.5) is 16.2 Å². The number of aliphatic hydroxyl groups is 1. The molecule has 1 unspecified atom stereocenters. The zero-order chi connectivity index (χ0) is 20.7. The van der Waals surface area contributed by atoms with Crippen molar-refractivity contribution in [3.05, 3.63) is 46.4 Å². The second-order valence-electron chi connectivity index (χ2n) is 6.66. The molecule has 1 atom stereocenters. The summed E-state index contributed by atoms with van der Waals surface area (Å²) in [4.78, 5) is 19.8. The maximum absolute atomic E-state index is 14.6. The van der Waals surface area contributed by atoms with Crippen molar-refractivity contribution in [2.75, 3.05) is 24.8 Å². The highest BCUT2D eigenvalue weighted by Crippen LogP contribution is 2.24. The Bertz CT molecular complexity index is 829. The van der Waals surface area contributed by atoms with Crippen LogP contribution in [0.5, 0.6) is 0 Å². The SMILES string of the molecule is CCCC(CO)Nc1nc(N)nc(C)c1Cc1ccc(CC(=O)OC)cc1F. The van der Waals surface area contributed by atoms with E-state index < -0.39 is 11.8 Å². The number of methoxy groups -OCH3 is 1. The van der Waals surface area contributed by atoms with Crippen LogP contribution in [0.3, 0.4) is 0 Å². The van der Waals surface area contributed by atoms with Gasteiger partial charge in [-0.15, -0.1) is 0 Å². The molecule has 0 radical (unpaired) electrons. The lowest BCUT2D eigenvalue weighted by molar-refractivity contribution is -0.139. The number of nitrogens with zero attached hydrogens (tertiary/aromatic N) is 2. The Morgan fingerprint density at radius 3 is 2.75 bits per heavy atom. The van der Waals surface area contributed by atoms with Gasteiger partial charge in [0.15, 0.2) is 0 Å². The number of carbonyl (C=O) groups is 1. The minimum Gasteiger partial charge on any atom is -0.469 e. The molecule has 0 spiro atoms. The van der Waals surface area contributed by atoms with Gasteiger partial charge in [0.1, 0.15) is 11.6 Å². The lowest BCUT2D eigenvalue weighted by atomic mass is 10.0. The molecule has 0 bridgehead atoms. The van der Waals surface area contributed by atoms with E-state index in [4.69, 9.17) is 5.73 Å². The minimum atomic E-state index is -0.424. The van der Waals surface area contributed by atoms with Crippen molar-refractivity contribution in [1.29, 1.82) is 0 Å². The van der Waals surface area contributed by atoms with E-state index in [-0.39, 0.29) is 31.4 Å². The Labute approximate surface area is 164 Å². The van der Waals surface area contributed by atoms with E-state index in [0.29, 0.717) is 28.2 Å². The predicted molar refractivity (Wildman–Crippen MR) is 106 cm³/mol. The molecular formula is C20H27FN4O3. The number of nitrogens with one attached hydrogen (secondary N) is 1. The highest BCUT2D eigenvalue weighted by Gasteiger charge is 2.17. The van der Waals surface area contributed by atoms with E-state index >= 15 is 0 Å². The first kappa shape index (κ1) is 21.6. The van der Waals surface area contributed by atoms with Gasteiger partial charge in [-0.1, -0.05) is 25.5 Å². The van der Waals surface area contributed by atoms with Crippen molar-refractivity contribution in [2.24, 2.45) is 0 Å². The first-order valence-corrected chi connectivity index (χ1v) is 9.22. The molecule has 0 saturated carbocycles. The number of aryl methyl sites for hydroxylation is 1. The summed E-state index contributed by atoms with van der Waals surface area (Å²) >= 11 is 0. The van der Waals surface area contributed by atoms with Crippen molar-refractivity contribution in [3.63, 3.8) is 0 Å². The second kappa shape index (κ2) is 9.98. The number of carbonyl (C=O) groups excluding carboxylic acids is 1. The second-order valence-corrected chi connectivity index (χ2v) is 6.66. The van der Waals surface area contributed by atoms with Crippen LogP contribution < -0.4 is 11.1 Å². The van der Waals surface area contributed by atoms with E-state index in [9.17, 15) is 14.3 Å². The van der Waals surface area contributed by atoms with Gasteiger partial charge in [0.05, 0.1) is 26.2 Å². The third-order valence-electron chi connectivity index (χ3n) is 4.49. The summed E-state index contributed by atoms with van der Waals surface area (Å²) in [6, 6.07) is 4.50. The van der Waals surface area contributed by atoms with Crippen LogP contribution in [0.1, 0.15) is 42.1 Å². The number of anilines is 2. The van der Waals surface area contributed by atoms with E-state index in [1.165, 1.54) is 13.2 Å². The number of hydrogen-bond donors (Lipinski definition) is 3. The van der Waals surface area contributed by atoms with E-state index in [2.05, 4.69) is 20.0 Å². The molecule has 2 rings (SSSR count). The summed E-state index contributed by atoms with van der Waals surface area (Å²) in [6.07, 6.45) is 1.92. The van der Waals surface area contributed by atoms with Gasteiger partial charge in [-0.05, 0) is 30.5 Å². The number of benzene rings is 1. The molecule has 0 fully saturated rings. The van der Waals surface area contributed by atoms with Gasteiger partial charge >= 0.3 is 5.97 Å². The topological polar surface area (TPSA) is 110 Å². The average Bonchev–Trinajstić information content (AvgIpc) is 2.65. The van der Waals surface area contributed by atoms with Crippen LogP contribution in [0, 0.1) is 12.7 Å². The maximum Gasteiger partial charge on any atom is 0.309 e. The number of nitrogens with two attached hydrogens (primary N) is 1. The normalized spacial score (nSPS) is 11.9. The van der Waals surface area contributed by atoms with Gasteiger partial charge in [0.2, 0.25) is 5.95 Å². The molecule has 152 valence electrons. The van der Waals surface area contributed by atoms with Gasteiger partial charge in [-0.3, -0.25) is 4.79 Å². The Balaban J connectivity index is 2.31. The molecule has 0 saturated heterocycles. The average molecular weight is 390 g/mol. The van der Waals surface area contributed by atoms with E-state index in [1.807, 2.05) is 6.92 Å². The smallest absolute Gasteiger partial charge is 0.309 e. The maximum atomic E-state index is 14.6. The lowest BCUT2D eigenvalue weighted by Gasteiger charge is -2.20. The summed E-state index contributed by atoms with van der Waals surface area (Å²) in [5.74, 6) is -0.232. The molecule has 8 heteroatoms. The number of hydrogen-bond acceptors (Lipinski definition) is 7. The van der Waals surface area contributed by atoms with Gasteiger partial charge in [-0.2, -0.15) is 4.98 Å². The monoisotopic (exact) mass is 390 g/mol. The molecule has 0 aliphatic carbocycles. The number of aromatic nitrogens is 2. The van der Waals surface area contributed by atoms with Gasteiger partial charge in [0, 0.05) is 17.7 Å². The highest BCUT2D eigenvalue weighted by atomic mass is 19.1. The third-order valence-corrected chi connectivity index (χ3v) is 4.49. The molecular weight excluding hydrogens is 363 g/mol. The van der Waals surface area contributed by atoms with Crippen LogP contribution in [0.15, 0.2) is 18.2 Å². The molecule has 0 aliphatic heterocycles. The van der Waals surface area contributed by atoms with Crippen LogP contribution in [-0.2, 0) is 22.4 Å². The molecule has 4 N–H and O–H groups in total. The Kier molecular flexibility index (Phi) is 7.69. The minimum absolute atomic E-state index is 0.0136. The largest absolute Gasteiger partial charge is 0.469 e. The van der Waals surface area contributed by atoms with Crippen LogP contribution >= 0.6 is 0 Å².